The number of aromatic nitrogens is 3. The molecule has 0 atom stereocenters. The Morgan fingerprint density at radius 2 is 1.92 bits per heavy atom. The van der Waals surface area contributed by atoms with E-state index in [1.165, 1.54) is 27.4 Å². The molecule has 4 nitrogen and oxygen atoms in total. The molecule has 0 unspecified atom stereocenters. The van der Waals surface area contributed by atoms with Crippen LogP contribution in [0.2, 0.25) is 0 Å². The lowest BCUT2D eigenvalue weighted by molar-refractivity contribution is 0.279. The second-order valence-corrected chi connectivity index (χ2v) is 7.34. The third-order valence-corrected chi connectivity index (χ3v) is 5.80. The van der Waals surface area contributed by atoms with Crippen molar-refractivity contribution in [1.29, 1.82) is 0 Å². The first-order valence-electron chi connectivity index (χ1n) is 8.44. The number of aryl methyl sites for hydroxylation is 2. The number of benzene rings is 1. The minimum atomic E-state index is 1.01. The lowest BCUT2D eigenvalue weighted by atomic mass is 10.0. The van der Waals surface area contributed by atoms with Gasteiger partial charge in [0.15, 0.2) is 0 Å². The zero-order valence-electron chi connectivity index (χ0n) is 14.2. The van der Waals surface area contributed by atoms with Gasteiger partial charge in [-0.15, -0.1) is 11.3 Å². The van der Waals surface area contributed by atoms with Crippen molar-refractivity contribution >= 4 is 11.3 Å². The number of thiazole rings is 1. The molecule has 0 saturated carbocycles. The first-order chi connectivity index (χ1) is 11.7. The van der Waals surface area contributed by atoms with E-state index >= 15 is 0 Å². The normalized spacial score (nSPS) is 15.2. The predicted molar refractivity (Wildman–Crippen MR) is 98.2 cm³/mol. The molecule has 1 aliphatic rings. The maximum atomic E-state index is 4.81. The highest BCUT2D eigenvalue weighted by Crippen LogP contribution is 2.28. The maximum absolute atomic E-state index is 4.81. The summed E-state index contributed by atoms with van der Waals surface area (Å²) in [6, 6.07) is 10.6. The van der Waals surface area contributed by atoms with Gasteiger partial charge >= 0.3 is 0 Å². The molecule has 3 aromatic rings. The van der Waals surface area contributed by atoms with E-state index in [1.807, 2.05) is 5.51 Å². The fraction of sp³-hybridized carbons (Fsp3) is 0.368. The van der Waals surface area contributed by atoms with Crippen molar-refractivity contribution in [1.82, 2.24) is 19.7 Å². The summed E-state index contributed by atoms with van der Waals surface area (Å²) in [5.74, 6) is 0. The number of rotatable bonds is 3. The highest BCUT2D eigenvalue weighted by Gasteiger charge is 2.22. The van der Waals surface area contributed by atoms with Gasteiger partial charge in [-0.25, -0.2) is 4.98 Å². The number of hydrogen-bond donors (Lipinski definition) is 0. The molecule has 1 aliphatic heterocycles. The molecular weight excluding hydrogens is 316 g/mol. The van der Waals surface area contributed by atoms with Crippen molar-refractivity contribution in [3.63, 3.8) is 0 Å². The molecule has 3 heterocycles. The molecule has 0 bridgehead atoms. The van der Waals surface area contributed by atoms with Crippen molar-refractivity contribution < 1.29 is 0 Å². The molecule has 0 amide bonds. The number of fused-ring (bicyclic) bond motifs is 1. The Hall–Kier alpha value is -1.98. The molecule has 0 spiro atoms. The molecule has 24 heavy (non-hydrogen) atoms. The van der Waals surface area contributed by atoms with Crippen LogP contribution < -0.4 is 0 Å². The molecule has 0 fully saturated rings. The van der Waals surface area contributed by atoms with E-state index in [4.69, 9.17) is 5.10 Å². The van der Waals surface area contributed by atoms with E-state index in [2.05, 4.69) is 58.9 Å². The molecule has 0 saturated heterocycles. The highest BCUT2D eigenvalue weighted by molar-refractivity contribution is 7.09. The number of hydrogen-bond acceptors (Lipinski definition) is 4. The van der Waals surface area contributed by atoms with Crippen LogP contribution in [0.25, 0.3) is 11.3 Å². The minimum Gasteiger partial charge on any atom is -0.297 e. The Morgan fingerprint density at radius 1 is 1.12 bits per heavy atom. The Labute approximate surface area is 146 Å². The predicted octanol–water partition coefficient (Wildman–Crippen LogP) is 3.45. The zero-order chi connectivity index (χ0) is 16.5. The average molecular weight is 338 g/mol. The van der Waals surface area contributed by atoms with Crippen LogP contribution in [0, 0.1) is 6.92 Å². The Bertz CT molecular complexity index is 834. The van der Waals surface area contributed by atoms with Crippen molar-refractivity contribution in [3.05, 3.63) is 57.7 Å². The lowest BCUT2D eigenvalue weighted by Crippen LogP contribution is -2.26. The molecule has 4 rings (SSSR count). The van der Waals surface area contributed by atoms with Crippen LogP contribution in [0.3, 0.4) is 0 Å². The van der Waals surface area contributed by atoms with Crippen LogP contribution in [0.15, 0.2) is 35.8 Å². The van der Waals surface area contributed by atoms with Gasteiger partial charge in [-0.3, -0.25) is 9.58 Å². The van der Waals surface area contributed by atoms with Gasteiger partial charge in [0.05, 0.1) is 16.9 Å². The molecule has 2 aromatic heterocycles. The van der Waals surface area contributed by atoms with E-state index in [0.29, 0.717) is 0 Å². The fourth-order valence-corrected chi connectivity index (χ4v) is 4.31. The topological polar surface area (TPSA) is 34.0 Å². The third kappa shape index (κ3) is 2.89. The third-order valence-electron chi connectivity index (χ3n) is 4.88. The van der Waals surface area contributed by atoms with Gasteiger partial charge in [-0.05, 0) is 13.3 Å². The monoisotopic (exact) mass is 338 g/mol. The van der Waals surface area contributed by atoms with E-state index in [0.717, 1.165) is 38.2 Å². The van der Waals surface area contributed by atoms with Crippen molar-refractivity contribution in [2.45, 2.75) is 26.3 Å². The molecular formula is C19H22N4S. The summed E-state index contributed by atoms with van der Waals surface area (Å²) in [5.41, 5.74) is 8.32. The fourth-order valence-electron chi connectivity index (χ4n) is 3.49. The van der Waals surface area contributed by atoms with Crippen LogP contribution in [-0.2, 0) is 26.4 Å². The quantitative estimate of drug-likeness (QED) is 0.733. The lowest BCUT2D eigenvalue weighted by Gasteiger charge is -2.19. The van der Waals surface area contributed by atoms with Gasteiger partial charge in [0, 0.05) is 54.8 Å². The maximum Gasteiger partial charge on any atom is 0.0958 e. The van der Waals surface area contributed by atoms with Crippen LogP contribution in [0.1, 0.15) is 21.8 Å². The highest BCUT2D eigenvalue weighted by atomic mass is 32.1. The standard InChI is InChI=1S/C19H22N4S/c1-14-18(24-13-20-14)12-23-10-8-16-17(9-11-23)22(2)21-19(16)15-6-4-3-5-7-15/h3-7,13H,8-12H2,1-2H3. The van der Waals surface area contributed by atoms with Gasteiger partial charge in [0.1, 0.15) is 0 Å². The van der Waals surface area contributed by atoms with Gasteiger partial charge in [0.2, 0.25) is 0 Å². The summed E-state index contributed by atoms with van der Waals surface area (Å²) < 4.78 is 2.08. The Morgan fingerprint density at radius 3 is 2.67 bits per heavy atom. The van der Waals surface area contributed by atoms with Gasteiger partial charge in [0.25, 0.3) is 0 Å². The summed E-state index contributed by atoms with van der Waals surface area (Å²) in [4.78, 5) is 8.32. The summed E-state index contributed by atoms with van der Waals surface area (Å²) in [7, 11) is 2.08. The summed E-state index contributed by atoms with van der Waals surface area (Å²) in [6.07, 6.45) is 2.12. The summed E-state index contributed by atoms with van der Waals surface area (Å²) in [6.45, 7) is 5.28. The van der Waals surface area contributed by atoms with Crippen molar-refractivity contribution in [2.24, 2.45) is 7.05 Å². The van der Waals surface area contributed by atoms with Crippen LogP contribution >= 0.6 is 11.3 Å². The average Bonchev–Trinajstić information content (AvgIpc) is 3.06. The van der Waals surface area contributed by atoms with Crippen LogP contribution in [0.4, 0.5) is 0 Å². The second-order valence-electron chi connectivity index (χ2n) is 6.40. The van der Waals surface area contributed by atoms with Crippen molar-refractivity contribution in [2.75, 3.05) is 13.1 Å². The second kappa shape index (κ2) is 6.49. The zero-order valence-corrected chi connectivity index (χ0v) is 15.0. The van der Waals surface area contributed by atoms with Gasteiger partial charge < -0.3 is 0 Å². The Balaban J connectivity index is 1.58. The first-order valence-corrected chi connectivity index (χ1v) is 9.32. The van der Waals surface area contributed by atoms with E-state index in [1.54, 1.807) is 11.3 Å². The molecule has 0 N–H and O–H groups in total. The summed E-state index contributed by atoms with van der Waals surface area (Å²) >= 11 is 1.77. The van der Waals surface area contributed by atoms with E-state index in [9.17, 15) is 0 Å². The smallest absolute Gasteiger partial charge is 0.0958 e. The van der Waals surface area contributed by atoms with E-state index in [-0.39, 0.29) is 0 Å². The van der Waals surface area contributed by atoms with Crippen LogP contribution in [0.5, 0.6) is 0 Å². The largest absolute Gasteiger partial charge is 0.297 e. The van der Waals surface area contributed by atoms with Gasteiger partial charge in [-0.1, -0.05) is 30.3 Å². The molecule has 0 radical (unpaired) electrons. The van der Waals surface area contributed by atoms with Crippen LogP contribution in [-0.4, -0.2) is 32.8 Å². The van der Waals surface area contributed by atoms with Gasteiger partial charge in [-0.2, -0.15) is 5.10 Å². The summed E-state index contributed by atoms with van der Waals surface area (Å²) in [5, 5.41) is 4.81. The van der Waals surface area contributed by atoms with E-state index < -0.39 is 0 Å². The van der Waals surface area contributed by atoms with Crippen molar-refractivity contribution in [3.8, 4) is 11.3 Å². The first kappa shape index (κ1) is 15.5. The Kier molecular flexibility index (Phi) is 4.21. The molecule has 0 aliphatic carbocycles. The molecule has 1 aromatic carbocycles. The molecule has 5 heteroatoms. The minimum absolute atomic E-state index is 1.01. The number of nitrogens with zero attached hydrogens (tertiary/aromatic N) is 4. The molecule has 124 valence electrons. The SMILES string of the molecule is Cc1ncsc1CN1CCc2c(-c3ccccc3)nn(C)c2CC1.